The summed E-state index contributed by atoms with van der Waals surface area (Å²) in [6.07, 6.45) is 1.23. The maximum absolute atomic E-state index is 11.5. The number of anilines is 1. The lowest BCUT2D eigenvalue weighted by atomic mass is 10.2. The van der Waals surface area contributed by atoms with Crippen molar-refractivity contribution in [3.63, 3.8) is 0 Å². The van der Waals surface area contributed by atoms with Crippen LogP contribution in [0.15, 0.2) is 50.7 Å². The number of aromatic hydroxyl groups is 1. The van der Waals surface area contributed by atoms with Crippen molar-refractivity contribution in [2.24, 2.45) is 5.10 Å². The van der Waals surface area contributed by atoms with Crippen LogP contribution in [0.1, 0.15) is 11.3 Å². The van der Waals surface area contributed by atoms with Gasteiger partial charge in [-0.3, -0.25) is 5.43 Å². The molecule has 5 heteroatoms. The lowest BCUT2D eigenvalue weighted by Gasteiger charge is -2.00. The van der Waals surface area contributed by atoms with Gasteiger partial charge in [0.25, 0.3) is 0 Å². The minimum Gasteiger partial charge on any atom is -0.507 e. The van der Waals surface area contributed by atoms with Crippen LogP contribution in [0.3, 0.4) is 0 Å². The van der Waals surface area contributed by atoms with Gasteiger partial charge in [0, 0.05) is 6.07 Å². The number of para-hydroxylation sites is 1. The number of aryl methyl sites for hydroxylation is 1. The van der Waals surface area contributed by atoms with Gasteiger partial charge in [-0.25, -0.2) is 4.79 Å². The third-order valence-electron chi connectivity index (χ3n) is 2.25. The van der Waals surface area contributed by atoms with Crippen molar-refractivity contribution in [2.75, 3.05) is 5.43 Å². The second-order valence-corrected chi connectivity index (χ2v) is 3.68. The second-order valence-electron chi connectivity index (χ2n) is 3.68. The number of nitrogens with one attached hydrogen (secondary N) is 1. The van der Waals surface area contributed by atoms with E-state index in [1.165, 1.54) is 12.3 Å². The molecule has 0 saturated heterocycles. The molecule has 0 saturated carbocycles. The highest BCUT2D eigenvalue weighted by atomic mass is 16.4. The minimum atomic E-state index is -0.619. The van der Waals surface area contributed by atoms with E-state index in [-0.39, 0.29) is 11.3 Å². The lowest BCUT2D eigenvalue weighted by Crippen LogP contribution is -2.08. The summed E-state index contributed by atoms with van der Waals surface area (Å²) in [6, 6.07) is 10.6. The van der Waals surface area contributed by atoms with E-state index in [0.717, 1.165) is 5.69 Å². The Morgan fingerprint density at radius 1 is 1.33 bits per heavy atom. The number of hydrazone groups is 1. The topological polar surface area (TPSA) is 74.8 Å². The van der Waals surface area contributed by atoms with E-state index in [4.69, 9.17) is 4.42 Å². The molecule has 0 spiro atoms. The summed E-state index contributed by atoms with van der Waals surface area (Å²) in [4.78, 5) is 11.5. The monoisotopic (exact) mass is 244 g/mol. The molecule has 0 unspecified atom stereocenters. The molecular weight excluding hydrogens is 232 g/mol. The van der Waals surface area contributed by atoms with Crippen LogP contribution in [-0.4, -0.2) is 11.3 Å². The number of rotatable bonds is 3. The summed E-state index contributed by atoms with van der Waals surface area (Å²) in [5.41, 5.74) is 2.92. The van der Waals surface area contributed by atoms with E-state index < -0.39 is 5.63 Å². The van der Waals surface area contributed by atoms with E-state index in [1.807, 2.05) is 30.3 Å². The minimum absolute atomic E-state index is 0.0176. The van der Waals surface area contributed by atoms with Crippen molar-refractivity contribution in [1.29, 1.82) is 0 Å². The molecule has 0 fully saturated rings. The highest BCUT2D eigenvalue weighted by Gasteiger charge is 2.06. The van der Waals surface area contributed by atoms with Crippen LogP contribution >= 0.6 is 0 Å². The molecule has 2 aromatic rings. The molecule has 0 radical (unpaired) electrons. The smallest absolute Gasteiger partial charge is 0.348 e. The zero-order chi connectivity index (χ0) is 13.0. The SMILES string of the molecule is Cc1cc(O)c(/C=N/Nc2ccccc2)c(=O)o1. The summed E-state index contributed by atoms with van der Waals surface area (Å²) in [5.74, 6) is 0.202. The lowest BCUT2D eigenvalue weighted by molar-refractivity contribution is 0.433. The predicted molar refractivity (Wildman–Crippen MR) is 69.0 cm³/mol. The summed E-state index contributed by atoms with van der Waals surface area (Å²) in [5, 5.41) is 13.5. The first-order chi connectivity index (χ1) is 8.66. The summed E-state index contributed by atoms with van der Waals surface area (Å²) >= 11 is 0. The molecule has 1 heterocycles. The van der Waals surface area contributed by atoms with Crippen LogP contribution < -0.4 is 11.1 Å². The summed E-state index contributed by atoms with van der Waals surface area (Å²) in [6.45, 7) is 1.59. The van der Waals surface area contributed by atoms with Crippen LogP contribution in [0.5, 0.6) is 5.75 Å². The Morgan fingerprint density at radius 3 is 2.72 bits per heavy atom. The fourth-order valence-electron chi connectivity index (χ4n) is 1.41. The molecule has 0 aliphatic carbocycles. The van der Waals surface area contributed by atoms with Crippen LogP contribution in [-0.2, 0) is 0 Å². The Balaban J connectivity index is 2.18. The average Bonchev–Trinajstić information content (AvgIpc) is 2.34. The van der Waals surface area contributed by atoms with Crippen LogP contribution in [0, 0.1) is 6.92 Å². The molecule has 0 amide bonds. The van der Waals surface area contributed by atoms with Gasteiger partial charge in [-0.05, 0) is 19.1 Å². The number of benzene rings is 1. The third-order valence-corrected chi connectivity index (χ3v) is 2.25. The number of hydrogen-bond acceptors (Lipinski definition) is 5. The Hall–Kier alpha value is -2.56. The van der Waals surface area contributed by atoms with Crippen molar-refractivity contribution >= 4 is 11.9 Å². The Bertz CT molecular complexity index is 618. The zero-order valence-corrected chi connectivity index (χ0v) is 9.75. The normalized spacial score (nSPS) is 10.7. The molecule has 1 aromatic heterocycles. The van der Waals surface area contributed by atoms with Gasteiger partial charge >= 0.3 is 5.63 Å². The highest BCUT2D eigenvalue weighted by Crippen LogP contribution is 2.12. The molecular formula is C13H12N2O3. The fraction of sp³-hybridized carbons (Fsp3) is 0.0769. The van der Waals surface area contributed by atoms with Crippen molar-refractivity contribution < 1.29 is 9.52 Å². The third kappa shape index (κ3) is 2.76. The van der Waals surface area contributed by atoms with E-state index in [0.29, 0.717) is 5.76 Å². The largest absolute Gasteiger partial charge is 0.507 e. The summed E-state index contributed by atoms with van der Waals surface area (Å²) in [7, 11) is 0. The Morgan fingerprint density at radius 2 is 2.06 bits per heavy atom. The summed E-state index contributed by atoms with van der Waals surface area (Å²) < 4.78 is 4.86. The number of hydrogen-bond donors (Lipinski definition) is 2. The quantitative estimate of drug-likeness (QED) is 0.640. The van der Waals surface area contributed by atoms with Gasteiger partial charge in [-0.2, -0.15) is 5.10 Å². The van der Waals surface area contributed by atoms with E-state index >= 15 is 0 Å². The van der Waals surface area contributed by atoms with Gasteiger partial charge in [0.05, 0.1) is 11.9 Å². The molecule has 0 bridgehead atoms. The Kier molecular flexibility index (Phi) is 3.43. The molecule has 0 aliphatic heterocycles. The standard InChI is InChI=1S/C13H12N2O3/c1-9-7-12(16)11(13(17)18-9)8-14-15-10-5-3-2-4-6-10/h2-8,15-16H,1H3/b14-8+. The van der Waals surface area contributed by atoms with Gasteiger partial charge in [0.15, 0.2) is 0 Å². The molecule has 2 rings (SSSR count). The first-order valence-electron chi connectivity index (χ1n) is 5.34. The van der Waals surface area contributed by atoms with Crippen LogP contribution in [0.25, 0.3) is 0 Å². The maximum Gasteiger partial charge on any atom is 0.348 e. The first kappa shape index (κ1) is 11.9. The average molecular weight is 244 g/mol. The van der Waals surface area contributed by atoms with Crippen molar-refractivity contribution in [2.45, 2.75) is 6.92 Å². The van der Waals surface area contributed by atoms with Gasteiger partial charge < -0.3 is 9.52 Å². The molecule has 2 N–H and O–H groups in total. The van der Waals surface area contributed by atoms with Crippen molar-refractivity contribution in [3.05, 3.63) is 58.1 Å². The second kappa shape index (κ2) is 5.18. The van der Waals surface area contributed by atoms with E-state index in [2.05, 4.69) is 10.5 Å². The van der Waals surface area contributed by atoms with E-state index in [1.54, 1.807) is 6.92 Å². The fourth-order valence-corrected chi connectivity index (χ4v) is 1.41. The predicted octanol–water partition coefficient (Wildman–Crippen LogP) is 2.10. The highest BCUT2D eigenvalue weighted by molar-refractivity contribution is 5.83. The molecule has 92 valence electrons. The van der Waals surface area contributed by atoms with Crippen LogP contribution in [0.2, 0.25) is 0 Å². The van der Waals surface area contributed by atoms with Gasteiger partial charge in [-0.15, -0.1) is 0 Å². The van der Waals surface area contributed by atoms with Gasteiger partial charge in [0.2, 0.25) is 0 Å². The first-order valence-corrected chi connectivity index (χ1v) is 5.34. The zero-order valence-electron chi connectivity index (χ0n) is 9.75. The van der Waals surface area contributed by atoms with E-state index in [9.17, 15) is 9.90 Å². The van der Waals surface area contributed by atoms with Gasteiger partial charge in [0.1, 0.15) is 17.1 Å². The molecule has 18 heavy (non-hydrogen) atoms. The molecule has 0 aliphatic rings. The molecule has 1 aromatic carbocycles. The number of nitrogens with zero attached hydrogens (tertiary/aromatic N) is 1. The van der Waals surface area contributed by atoms with Crippen molar-refractivity contribution in [1.82, 2.24) is 0 Å². The molecule has 5 nitrogen and oxygen atoms in total. The van der Waals surface area contributed by atoms with Crippen LogP contribution in [0.4, 0.5) is 5.69 Å². The van der Waals surface area contributed by atoms with Gasteiger partial charge in [-0.1, -0.05) is 18.2 Å². The molecule has 0 atom stereocenters. The maximum atomic E-state index is 11.5. The van der Waals surface area contributed by atoms with Crippen molar-refractivity contribution in [3.8, 4) is 5.75 Å². The Labute approximate surface area is 103 Å².